The number of nitrogens with one attached hydrogen (secondary N) is 1. The Labute approximate surface area is 126 Å². The first kappa shape index (κ1) is 15.5. The van der Waals surface area contributed by atoms with Crippen LogP contribution in [0.1, 0.15) is 45.3 Å². The molecule has 5 nitrogen and oxygen atoms in total. The van der Waals surface area contributed by atoms with E-state index in [9.17, 15) is 0 Å². The average molecular weight is 288 g/mol. The molecule has 0 aliphatic heterocycles. The second-order valence-corrected chi connectivity index (χ2v) is 4.98. The maximum Gasteiger partial charge on any atom is 0.165 e. The van der Waals surface area contributed by atoms with Gasteiger partial charge in [0.25, 0.3) is 0 Å². The Morgan fingerprint density at radius 3 is 2.67 bits per heavy atom. The van der Waals surface area contributed by atoms with E-state index in [4.69, 9.17) is 4.74 Å². The highest BCUT2D eigenvalue weighted by Crippen LogP contribution is 2.22. The summed E-state index contributed by atoms with van der Waals surface area (Å²) in [4.78, 5) is 4.49. The Bertz CT molecular complexity index is 535. The first-order valence-corrected chi connectivity index (χ1v) is 7.66. The minimum atomic E-state index is 0.302. The molecular weight excluding hydrogens is 264 g/mol. The molecule has 0 fully saturated rings. The third-order valence-corrected chi connectivity index (χ3v) is 3.27. The van der Waals surface area contributed by atoms with Gasteiger partial charge in [0.1, 0.15) is 5.75 Å². The zero-order chi connectivity index (χ0) is 15.1. The number of aromatic nitrogens is 3. The molecule has 0 bridgehead atoms. The SMILES string of the molecule is CCCn1cc(Oc2ccc(C(CC)NCC)nc2)cn1. The third-order valence-electron chi connectivity index (χ3n) is 3.27. The molecule has 21 heavy (non-hydrogen) atoms. The minimum Gasteiger partial charge on any atom is -0.452 e. The lowest BCUT2D eigenvalue weighted by molar-refractivity contribution is 0.474. The summed E-state index contributed by atoms with van der Waals surface area (Å²) in [5, 5.41) is 7.67. The quantitative estimate of drug-likeness (QED) is 0.807. The molecule has 0 spiro atoms. The van der Waals surface area contributed by atoms with E-state index in [0.717, 1.165) is 43.1 Å². The summed E-state index contributed by atoms with van der Waals surface area (Å²) in [5.41, 5.74) is 1.05. The van der Waals surface area contributed by atoms with E-state index in [2.05, 4.69) is 36.2 Å². The van der Waals surface area contributed by atoms with Crippen molar-refractivity contribution < 1.29 is 4.74 Å². The molecule has 0 amide bonds. The lowest BCUT2D eigenvalue weighted by atomic mass is 10.1. The van der Waals surface area contributed by atoms with E-state index in [1.165, 1.54) is 0 Å². The normalized spacial score (nSPS) is 12.3. The molecule has 0 radical (unpaired) electrons. The van der Waals surface area contributed by atoms with E-state index >= 15 is 0 Å². The molecular formula is C16H24N4O. The fourth-order valence-electron chi connectivity index (χ4n) is 2.25. The van der Waals surface area contributed by atoms with Gasteiger partial charge in [0.2, 0.25) is 0 Å². The molecule has 1 unspecified atom stereocenters. The van der Waals surface area contributed by atoms with Gasteiger partial charge >= 0.3 is 0 Å². The summed E-state index contributed by atoms with van der Waals surface area (Å²) in [6, 6.07) is 4.28. The van der Waals surface area contributed by atoms with Crippen molar-refractivity contribution in [3.8, 4) is 11.5 Å². The molecule has 114 valence electrons. The van der Waals surface area contributed by atoms with Crippen LogP contribution in [0.5, 0.6) is 11.5 Å². The lowest BCUT2D eigenvalue weighted by Gasteiger charge is -2.15. The number of hydrogen-bond acceptors (Lipinski definition) is 4. The number of nitrogens with zero attached hydrogens (tertiary/aromatic N) is 3. The van der Waals surface area contributed by atoms with Crippen molar-refractivity contribution in [1.29, 1.82) is 0 Å². The van der Waals surface area contributed by atoms with Crippen LogP contribution in [0.25, 0.3) is 0 Å². The smallest absolute Gasteiger partial charge is 0.165 e. The molecule has 2 aromatic heterocycles. The van der Waals surface area contributed by atoms with Crippen LogP contribution in [0.3, 0.4) is 0 Å². The number of rotatable bonds is 8. The summed E-state index contributed by atoms with van der Waals surface area (Å²) in [6.07, 6.45) is 7.49. The Morgan fingerprint density at radius 2 is 2.05 bits per heavy atom. The van der Waals surface area contributed by atoms with E-state index in [-0.39, 0.29) is 0 Å². The van der Waals surface area contributed by atoms with Crippen molar-refractivity contribution in [3.63, 3.8) is 0 Å². The van der Waals surface area contributed by atoms with Gasteiger partial charge in [-0.2, -0.15) is 5.10 Å². The Hall–Kier alpha value is -1.88. The fourth-order valence-corrected chi connectivity index (χ4v) is 2.25. The van der Waals surface area contributed by atoms with Crippen molar-refractivity contribution in [3.05, 3.63) is 36.4 Å². The molecule has 0 aromatic carbocycles. The van der Waals surface area contributed by atoms with Gasteiger partial charge in [0.15, 0.2) is 5.75 Å². The monoisotopic (exact) mass is 288 g/mol. The molecule has 0 aliphatic rings. The third kappa shape index (κ3) is 4.29. The molecule has 0 aliphatic carbocycles. The number of aryl methyl sites for hydroxylation is 1. The number of hydrogen-bond donors (Lipinski definition) is 1. The second kappa shape index (κ2) is 7.78. The summed E-state index contributed by atoms with van der Waals surface area (Å²) >= 11 is 0. The van der Waals surface area contributed by atoms with Crippen molar-refractivity contribution >= 4 is 0 Å². The Morgan fingerprint density at radius 1 is 1.19 bits per heavy atom. The fraction of sp³-hybridized carbons (Fsp3) is 0.500. The predicted molar refractivity (Wildman–Crippen MR) is 83.5 cm³/mol. The molecule has 2 rings (SSSR count). The number of ether oxygens (including phenoxy) is 1. The van der Waals surface area contributed by atoms with E-state index in [1.807, 2.05) is 23.0 Å². The Balaban J connectivity index is 2.01. The van der Waals surface area contributed by atoms with Crippen LogP contribution in [-0.2, 0) is 6.54 Å². The molecule has 5 heteroatoms. The van der Waals surface area contributed by atoms with E-state index < -0.39 is 0 Å². The van der Waals surface area contributed by atoms with Gasteiger partial charge in [0.05, 0.1) is 24.3 Å². The molecule has 0 saturated carbocycles. The van der Waals surface area contributed by atoms with Crippen LogP contribution in [-0.4, -0.2) is 21.3 Å². The van der Waals surface area contributed by atoms with Gasteiger partial charge in [-0.15, -0.1) is 0 Å². The van der Waals surface area contributed by atoms with Crippen LogP contribution in [0.15, 0.2) is 30.7 Å². The summed E-state index contributed by atoms with van der Waals surface area (Å²) < 4.78 is 7.65. The van der Waals surface area contributed by atoms with Gasteiger partial charge in [-0.05, 0) is 31.5 Å². The second-order valence-electron chi connectivity index (χ2n) is 4.98. The van der Waals surface area contributed by atoms with E-state index in [1.54, 1.807) is 12.4 Å². The number of pyridine rings is 1. The maximum atomic E-state index is 5.77. The Kier molecular flexibility index (Phi) is 5.75. The summed E-state index contributed by atoms with van der Waals surface area (Å²) in [5.74, 6) is 1.48. The molecule has 2 aromatic rings. The highest BCUT2D eigenvalue weighted by atomic mass is 16.5. The van der Waals surface area contributed by atoms with Gasteiger partial charge in [-0.1, -0.05) is 20.8 Å². The molecule has 2 heterocycles. The van der Waals surface area contributed by atoms with Crippen molar-refractivity contribution in [2.24, 2.45) is 0 Å². The summed E-state index contributed by atoms with van der Waals surface area (Å²) in [6.45, 7) is 8.23. The molecule has 1 N–H and O–H groups in total. The van der Waals surface area contributed by atoms with Crippen LogP contribution in [0, 0.1) is 0 Å². The highest BCUT2D eigenvalue weighted by molar-refractivity contribution is 5.27. The van der Waals surface area contributed by atoms with Crippen LogP contribution in [0.4, 0.5) is 0 Å². The summed E-state index contributed by atoms with van der Waals surface area (Å²) in [7, 11) is 0. The van der Waals surface area contributed by atoms with Crippen molar-refractivity contribution in [1.82, 2.24) is 20.1 Å². The predicted octanol–water partition coefficient (Wildman–Crippen LogP) is 3.54. The standard InChI is InChI=1S/C16H24N4O/c1-4-9-20-12-14(11-19-20)21-13-7-8-16(18-10-13)15(5-2)17-6-3/h7-8,10-12,15,17H,4-6,9H2,1-3H3. The lowest BCUT2D eigenvalue weighted by Crippen LogP contribution is -2.20. The minimum absolute atomic E-state index is 0.302. The van der Waals surface area contributed by atoms with Crippen molar-refractivity contribution in [2.75, 3.05) is 6.54 Å². The first-order chi connectivity index (χ1) is 10.3. The van der Waals surface area contributed by atoms with Crippen LogP contribution >= 0.6 is 0 Å². The molecule has 1 atom stereocenters. The van der Waals surface area contributed by atoms with E-state index in [0.29, 0.717) is 6.04 Å². The average Bonchev–Trinajstić information content (AvgIpc) is 2.93. The van der Waals surface area contributed by atoms with Crippen LogP contribution < -0.4 is 10.1 Å². The largest absolute Gasteiger partial charge is 0.452 e. The first-order valence-electron chi connectivity index (χ1n) is 7.66. The van der Waals surface area contributed by atoms with Gasteiger partial charge < -0.3 is 10.1 Å². The van der Waals surface area contributed by atoms with Gasteiger partial charge in [-0.25, -0.2) is 0 Å². The highest BCUT2D eigenvalue weighted by Gasteiger charge is 2.09. The van der Waals surface area contributed by atoms with Gasteiger partial charge in [0, 0.05) is 12.6 Å². The topological polar surface area (TPSA) is 52.0 Å². The zero-order valence-electron chi connectivity index (χ0n) is 13.0. The van der Waals surface area contributed by atoms with Crippen LogP contribution in [0.2, 0.25) is 0 Å². The van der Waals surface area contributed by atoms with Gasteiger partial charge in [-0.3, -0.25) is 9.67 Å². The zero-order valence-corrected chi connectivity index (χ0v) is 13.0. The van der Waals surface area contributed by atoms with Crippen molar-refractivity contribution in [2.45, 2.75) is 46.2 Å². The maximum absolute atomic E-state index is 5.77. The molecule has 0 saturated heterocycles.